The number of hydrogen-bond donors (Lipinski definition) is 0. The average molecular weight is 402 g/mol. The summed E-state index contributed by atoms with van der Waals surface area (Å²) in [5.41, 5.74) is 3.12. The zero-order valence-corrected chi connectivity index (χ0v) is 17.6. The summed E-state index contributed by atoms with van der Waals surface area (Å²) in [5, 5.41) is 0. The van der Waals surface area contributed by atoms with E-state index in [1.807, 2.05) is 0 Å². The largest absolute Gasteiger partial charge is 0.449 e. The maximum absolute atomic E-state index is 5.83. The molecule has 30 heavy (non-hydrogen) atoms. The van der Waals surface area contributed by atoms with Gasteiger partial charge in [0, 0.05) is 26.2 Å². The molecule has 1 atom stereocenters. The molecule has 0 aliphatic carbocycles. The zero-order valence-electron chi connectivity index (χ0n) is 17.6. The van der Waals surface area contributed by atoms with E-state index in [0.717, 1.165) is 51.6 Å². The number of benzene rings is 2. The minimum absolute atomic E-state index is 0.286. The van der Waals surface area contributed by atoms with E-state index in [2.05, 4.69) is 75.4 Å². The quantitative estimate of drug-likeness (QED) is 0.604. The molecule has 0 saturated carbocycles. The van der Waals surface area contributed by atoms with Gasteiger partial charge in [-0.05, 0) is 48.9 Å². The van der Waals surface area contributed by atoms with Crippen molar-refractivity contribution >= 4 is 0 Å². The van der Waals surface area contributed by atoms with E-state index in [1.54, 1.807) is 12.5 Å². The second kappa shape index (κ2) is 8.75. The third kappa shape index (κ3) is 4.21. The van der Waals surface area contributed by atoms with Gasteiger partial charge in [0.25, 0.3) is 0 Å². The molecule has 1 aromatic heterocycles. The number of hydrogen-bond acceptors (Lipinski definition) is 4. The van der Waals surface area contributed by atoms with Crippen molar-refractivity contribution in [1.82, 2.24) is 14.8 Å². The van der Waals surface area contributed by atoms with Gasteiger partial charge >= 0.3 is 0 Å². The maximum Gasteiger partial charge on any atom is 0.198 e. The minimum Gasteiger partial charge on any atom is -0.449 e. The Labute approximate surface area is 179 Å². The highest BCUT2D eigenvalue weighted by molar-refractivity contribution is 5.17. The number of oxazole rings is 1. The maximum atomic E-state index is 5.83. The summed E-state index contributed by atoms with van der Waals surface area (Å²) < 4.78 is 5.83. The van der Waals surface area contributed by atoms with Gasteiger partial charge in [-0.3, -0.25) is 4.90 Å². The van der Waals surface area contributed by atoms with Crippen molar-refractivity contribution in [3.05, 3.63) is 90.1 Å². The highest BCUT2D eigenvalue weighted by Gasteiger charge is 2.50. The second-order valence-corrected chi connectivity index (χ2v) is 9.02. The summed E-state index contributed by atoms with van der Waals surface area (Å²) in [6.45, 7) is 6.68. The van der Waals surface area contributed by atoms with E-state index in [0.29, 0.717) is 5.92 Å². The van der Waals surface area contributed by atoms with Crippen LogP contribution in [0.5, 0.6) is 0 Å². The van der Waals surface area contributed by atoms with Crippen LogP contribution in [0.15, 0.2) is 77.5 Å². The van der Waals surface area contributed by atoms with E-state index < -0.39 is 0 Å². The first kappa shape index (κ1) is 19.5. The van der Waals surface area contributed by atoms with Crippen LogP contribution in [0.3, 0.4) is 0 Å². The average Bonchev–Trinajstić information content (AvgIpc) is 3.44. The van der Waals surface area contributed by atoms with Gasteiger partial charge in [0.05, 0.1) is 12.1 Å². The van der Waals surface area contributed by atoms with Crippen LogP contribution >= 0.6 is 0 Å². The summed E-state index contributed by atoms with van der Waals surface area (Å²) >= 11 is 0. The lowest BCUT2D eigenvalue weighted by atomic mass is 9.70. The third-order valence-electron chi connectivity index (χ3n) is 7.13. The number of aromatic nitrogens is 1. The number of rotatable bonds is 6. The van der Waals surface area contributed by atoms with Crippen LogP contribution in [0, 0.1) is 5.41 Å². The van der Waals surface area contributed by atoms with Crippen LogP contribution < -0.4 is 0 Å². The first-order valence-electron chi connectivity index (χ1n) is 11.2. The predicted molar refractivity (Wildman–Crippen MR) is 119 cm³/mol. The zero-order chi connectivity index (χ0) is 20.2. The highest BCUT2D eigenvalue weighted by atomic mass is 16.3. The fourth-order valence-corrected chi connectivity index (χ4v) is 5.43. The Morgan fingerprint density at radius 1 is 0.900 bits per heavy atom. The topological polar surface area (TPSA) is 32.5 Å². The van der Waals surface area contributed by atoms with Crippen molar-refractivity contribution in [2.75, 3.05) is 32.7 Å². The molecule has 2 aromatic carbocycles. The number of piperidine rings is 1. The Kier molecular flexibility index (Phi) is 5.69. The lowest BCUT2D eigenvalue weighted by Crippen LogP contribution is -2.43. The molecule has 1 unspecified atom stereocenters. The van der Waals surface area contributed by atoms with Crippen molar-refractivity contribution in [2.45, 2.75) is 31.7 Å². The Hall–Kier alpha value is -2.43. The Morgan fingerprint density at radius 3 is 2.27 bits per heavy atom. The predicted octanol–water partition coefficient (Wildman–Crippen LogP) is 4.60. The van der Waals surface area contributed by atoms with E-state index in [-0.39, 0.29) is 5.41 Å². The van der Waals surface area contributed by atoms with Crippen LogP contribution in [0.2, 0.25) is 0 Å². The number of nitrogens with zero attached hydrogens (tertiary/aromatic N) is 3. The molecule has 5 rings (SSSR count). The van der Waals surface area contributed by atoms with Crippen molar-refractivity contribution in [3.63, 3.8) is 0 Å². The number of likely N-dealkylation sites (tertiary alicyclic amines) is 2. The summed E-state index contributed by atoms with van der Waals surface area (Å²) in [6.07, 6.45) is 7.08. The van der Waals surface area contributed by atoms with Crippen molar-refractivity contribution in [2.24, 2.45) is 5.41 Å². The molecule has 1 spiro atoms. The van der Waals surface area contributed by atoms with Crippen molar-refractivity contribution < 1.29 is 4.42 Å². The van der Waals surface area contributed by atoms with Crippen LogP contribution in [-0.2, 0) is 13.0 Å². The van der Waals surface area contributed by atoms with Gasteiger partial charge < -0.3 is 9.32 Å². The van der Waals surface area contributed by atoms with Crippen molar-refractivity contribution in [3.8, 4) is 0 Å². The first-order valence-corrected chi connectivity index (χ1v) is 11.2. The van der Waals surface area contributed by atoms with Gasteiger partial charge in [0.2, 0.25) is 0 Å². The molecule has 3 heterocycles. The SMILES string of the molecule is c1ccc(CCN2CC(c3ncco3)C3(CCN(Cc4ccccc4)CC3)C2)cc1. The van der Waals surface area contributed by atoms with E-state index in [1.165, 1.54) is 24.0 Å². The summed E-state index contributed by atoms with van der Waals surface area (Å²) in [6, 6.07) is 21.7. The molecule has 0 amide bonds. The van der Waals surface area contributed by atoms with Crippen LogP contribution in [0.25, 0.3) is 0 Å². The highest BCUT2D eigenvalue weighted by Crippen LogP contribution is 2.49. The standard InChI is InChI=1S/C26H31N3O/c1-3-7-22(8-4-1)11-15-29-20-24(25-27-14-18-30-25)26(21-29)12-16-28(17-13-26)19-23-9-5-2-6-10-23/h1-10,14,18,24H,11-13,15-17,19-21H2. The van der Waals surface area contributed by atoms with Gasteiger partial charge in [-0.1, -0.05) is 60.7 Å². The lowest BCUT2D eigenvalue weighted by molar-refractivity contribution is 0.0860. The summed E-state index contributed by atoms with van der Waals surface area (Å²) in [5.74, 6) is 1.34. The fourth-order valence-electron chi connectivity index (χ4n) is 5.43. The molecule has 0 N–H and O–H groups in total. The molecule has 0 bridgehead atoms. The molecule has 3 aromatic rings. The van der Waals surface area contributed by atoms with Gasteiger partial charge in [-0.2, -0.15) is 0 Å². The molecule has 4 heteroatoms. The minimum atomic E-state index is 0.286. The normalized spacial score (nSPS) is 21.9. The van der Waals surface area contributed by atoms with Crippen LogP contribution in [0.4, 0.5) is 0 Å². The van der Waals surface area contributed by atoms with Gasteiger partial charge in [-0.25, -0.2) is 4.98 Å². The van der Waals surface area contributed by atoms with Gasteiger partial charge in [-0.15, -0.1) is 0 Å². The third-order valence-corrected chi connectivity index (χ3v) is 7.13. The summed E-state index contributed by atoms with van der Waals surface area (Å²) in [7, 11) is 0. The molecular weight excluding hydrogens is 370 g/mol. The van der Waals surface area contributed by atoms with Crippen LogP contribution in [0.1, 0.15) is 35.8 Å². The Morgan fingerprint density at radius 2 is 1.60 bits per heavy atom. The molecule has 2 aliphatic rings. The molecular formula is C26H31N3O. The Balaban J connectivity index is 1.26. The van der Waals surface area contributed by atoms with Gasteiger partial charge in [0.15, 0.2) is 5.89 Å². The van der Waals surface area contributed by atoms with E-state index >= 15 is 0 Å². The molecule has 2 fully saturated rings. The monoisotopic (exact) mass is 401 g/mol. The second-order valence-electron chi connectivity index (χ2n) is 9.02. The molecule has 2 saturated heterocycles. The van der Waals surface area contributed by atoms with Crippen LogP contribution in [-0.4, -0.2) is 47.5 Å². The molecule has 2 aliphatic heterocycles. The first-order chi connectivity index (χ1) is 14.8. The summed E-state index contributed by atoms with van der Waals surface area (Å²) in [4.78, 5) is 9.84. The van der Waals surface area contributed by atoms with Crippen molar-refractivity contribution in [1.29, 1.82) is 0 Å². The molecule has 4 nitrogen and oxygen atoms in total. The van der Waals surface area contributed by atoms with Gasteiger partial charge in [0.1, 0.15) is 6.26 Å². The smallest absolute Gasteiger partial charge is 0.198 e. The van der Waals surface area contributed by atoms with E-state index in [9.17, 15) is 0 Å². The Bertz CT molecular complexity index is 902. The fraction of sp³-hybridized carbons (Fsp3) is 0.423. The lowest BCUT2D eigenvalue weighted by Gasteiger charge is -2.42. The molecule has 0 radical (unpaired) electrons. The van der Waals surface area contributed by atoms with E-state index in [4.69, 9.17) is 4.42 Å². The molecule has 156 valence electrons.